The molecule has 2 heterocycles. The van der Waals surface area contributed by atoms with Crippen LogP contribution in [0.4, 0.5) is 0 Å². The second-order valence-corrected chi connectivity index (χ2v) is 4.75. The Morgan fingerprint density at radius 1 is 1.59 bits per heavy atom. The highest BCUT2D eigenvalue weighted by atomic mass is 35.5. The van der Waals surface area contributed by atoms with Crippen molar-refractivity contribution >= 4 is 17.5 Å². The van der Waals surface area contributed by atoms with Crippen molar-refractivity contribution in [2.75, 3.05) is 13.2 Å². The lowest BCUT2D eigenvalue weighted by atomic mass is 10.2. The van der Waals surface area contributed by atoms with Gasteiger partial charge in [-0.15, -0.1) is 0 Å². The summed E-state index contributed by atoms with van der Waals surface area (Å²) in [6.45, 7) is 5.08. The standard InChI is InChI=1S/C12H15ClN2O2/c1-8-7-17-9(2)6-15(8)12(16)11-5-10(13)3-4-14-11/h3-5,8-9H,6-7H2,1-2H3. The number of pyridine rings is 1. The molecule has 0 aromatic carbocycles. The van der Waals surface area contributed by atoms with Gasteiger partial charge in [-0.2, -0.15) is 0 Å². The van der Waals surface area contributed by atoms with Crippen LogP contribution < -0.4 is 0 Å². The van der Waals surface area contributed by atoms with Crippen LogP contribution in [-0.2, 0) is 4.74 Å². The van der Waals surface area contributed by atoms with Crippen molar-refractivity contribution in [2.24, 2.45) is 0 Å². The van der Waals surface area contributed by atoms with Crippen molar-refractivity contribution in [1.29, 1.82) is 0 Å². The molecule has 2 unspecified atom stereocenters. The molecular weight excluding hydrogens is 240 g/mol. The number of rotatable bonds is 1. The molecule has 1 saturated heterocycles. The molecule has 5 heteroatoms. The van der Waals surface area contributed by atoms with Gasteiger partial charge in [0.15, 0.2) is 0 Å². The third-order valence-corrected chi connectivity index (χ3v) is 3.04. The zero-order valence-electron chi connectivity index (χ0n) is 9.89. The smallest absolute Gasteiger partial charge is 0.272 e. The number of amides is 1. The summed E-state index contributed by atoms with van der Waals surface area (Å²) in [5.74, 6) is -0.0878. The number of ether oxygens (including phenoxy) is 1. The number of hydrogen-bond acceptors (Lipinski definition) is 3. The van der Waals surface area contributed by atoms with E-state index in [0.29, 0.717) is 23.9 Å². The second-order valence-electron chi connectivity index (χ2n) is 4.31. The quantitative estimate of drug-likeness (QED) is 0.770. The Morgan fingerprint density at radius 3 is 3.06 bits per heavy atom. The van der Waals surface area contributed by atoms with E-state index in [-0.39, 0.29) is 18.1 Å². The van der Waals surface area contributed by atoms with Crippen LogP contribution in [0.15, 0.2) is 18.3 Å². The van der Waals surface area contributed by atoms with Crippen molar-refractivity contribution in [3.63, 3.8) is 0 Å². The maximum Gasteiger partial charge on any atom is 0.272 e. The first-order valence-electron chi connectivity index (χ1n) is 5.62. The number of aromatic nitrogens is 1. The molecule has 1 aliphatic heterocycles. The number of nitrogens with zero attached hydrogens (tertiary/aromatic N) is 2. The van der Waals surface area contributed by atoms with Gasteiger partial charge >= 0.3 is 0 Å². The van der Waals surface area contributed by atoms with E-state index in [0.717, 1.165) is 0 Å². The van der Waals surface area contributed by atoms with E-state index in [1.165, 1.54) is 0 Å². The van der Waals surface area contributed by atoms with Crippen molar-refractivity contribution in [3.8, 4) is 0 Å². The molecule has 2 atom stereocenters. The van der Waals surface area contributed by atoms with Crippen LogP contribution in [0.5, 0.6) is 0 Å². The zero-order chi connectivity index (χ0) is 12.4. The molecule has 1 aliphatic rings. The Morgan fingerprint density at radius 2 is 2.35 bits per heavy atom. The summed E-state index contributed by atoms with van der Waals surface area (Å²) < 4.78 is 5.49. The lowest BCUT2D eigenvalue weighted by Gasteiger charge is -2.36. The number of morpholine rings is 1. The van der Waals surface area contributed by atoms with Gasteiger partial charge in [-0.3, -0.25) is 9.78 Å². The fraction of sp³-hybridized carbons (Fsp3) is 0.500. The third kappa shape index (κ3) is 2.76. The largest absolute Gasteiger partial charge is 0.375 e. The van der Waals surface area contributed by atoms with Crippen LogP contribution >= 0.6 is 11.6 Å². The minimum Gasteiger partial charge on any atom is -0.375 e. The molecule has 4 nitrogen and oxygen atoms in total. The van der Waals surface area contributed by atoms with Crippen LogP contribution in [0.2, 0.25) is 5.02 Å². The molecule has 0 N–H and O–H groups in total. The van der Waals surface area contributed by atoms with Gasteiger partial charge in [0, 0.05) is 17.8 Å². The molecule has 1 fully saturated rings. The predicted octanol–water partition coefficient (Wildman–Crippen LogP) is 1.98. The van der Waals surface area contributed by atoms with Gasteiger partial charge in [-0.25, -0.2) is 0 Å². The summed E-state index contributed by atoms with van der Waals surface area (Å²) in [5, 5.41) is 0.525. The molecule has 92 valence electrons. The molecule has 1 aromatic heterocycles. The van der Waals surface area contributed by atoms with Crippen LogP contribution in [0.25, 0.3) is 0 Å². The highest BCUT2D eigenvalue weighted by molar-refractivity contribution is 6.30. The van der Waals surface area contributed by atoms with E-state index in [1.54, 1.807) is 23.2 Å². The second kappa shape index (κ2) is 5.02. The van der Waals surface area contributed by atoms with Crippen LogP contribution in [0, 0.1) is 0 Å². The van der Waals surface area contributed by atoms with E-state index < -0.39 is 0 Å². The summed E-state index contributed by atoms with van der Waals surface area (Å²) in [6.07, 6.45) is 1.61. The van der Waals surface area contributed by atoms with Crippen molar-refractivity contribution in [1.82, 2.24) is 9.88 Å². The van der Waals surface area contributed by atoms with E-state index in [2.05, 4.69) is 4.98 Å². The molecule has 0 saturated carbocycles. The van der Waals surface area contributed by atoms with Crippen LogP contribution in [-0.4, -0.2) is 41.1 Å². The van der Waals surface area contributed by atoms with E-state index in [9.17, 15) is 4.79 Å². The van der Waals surface area contributed by atoms with Gasteiger partial charge in [-0.1, -0.05) is 11.6 Å². The van der Waals surface area contributed by atoms with Crippen molar-refractivity contribution in [3.05, 3.63) is 29.0 Å². The summed E-state index contributed by atoms with van der Waals surface area (Å²) in [4.78, 5) is 18.1. The summed E-state index contributed by atoms with van der Waals surface area (Å²) in [5.41, 5.74) is 0.387. The highest BCUT2D eigenvalue weighted by Gasteiger charge is 2.28. The molecule has 0 aliphatic carbocycles. The van der Waals surface area contributed by atoms with Gasteiger partial charge < -0.3 is 9.64 Å². The summed E-state index contributed by atoms with van der Waals surface area (Å²) in [6, 6.07) is 3.32. The summed E-state index contributed by atoms with van der Waals surface area (Å²) >= 11 is 5.86. The van der Waals surface area contributed by atoms with Crippen LogP contribution in [0.3, 0.4) is 0 Å². The Bertz CT molecular complexity index is 425. The molecule has 1 aromatic rings. The highest BCUT2D eigenvalue weighted by Crippen LogP contribution is 2.16. The molecule has 17 heavy (non-hydrogen) atoms. The topological polar surface area (TPSA) is 42.4 Å². The fourth-order valence-corrected chi connectivity index (χ4v) is 2.01. The summed E-state index contributed by atoms with van der Waals surface area (Å²) in [7, 11) is 0. The maximum absolute atomic E-state index is 12.3. The number of carbonyl (C=O) groups excluding carboxylic acids is 1. The molecular formula is C12H15ClN2O2. The van der Waals surface area contributed by atoms with Gasteiger partial charge in [-0.05, 0) is 26.0 Å². The van der Waals surface area contributed by atoms with Gasteiger partial charge in [0.05, 0.1) is 18.8 Å². The van der Waals surface area contributed by atoms with Crippen molar-refractivity contribution in [2.45, 2.75) is 26.0 Å². The minimum absolute atomic E-state index is 0.0642. The normalized spacial score (nSPS) is 24.8. The van der Waals surface area contributed by atoms with E-state index in [4.69, 9.17) is 16.3 Å². The number of carbonyl (C=O) groups is 1. The third-order valence-electron chi connectivity index (χ3n) is 2.81. The maximum atomic E-state index is 12.3. The number of halogens is 1. The van der Waals surface area contributed by atoms with Crippen molar-refractivity contribution < 1.29 is 9.53 Å². The molecule has 0 radical (unpaired) electrons. The first-order valence-corrected chi connectivity index (χ1v) is 6.00. The van der Waals surface area contributed by atoms with Gasteiger partial charge in [0.2, 0.25) is 0 Å². The Hall–Kier alpha value is -1.13. The minimum atomic E-state index is -0.0878. The molecule has 0 bridgehead atoms. The SMILES string of the molecule is CC1CN(C(=O)c2cc(Cl)ccn2)C(C)CO1. The molecule has 1 amide bonds. The van der Waals surface area contributed by atoms with E-state index in [1.807, 2.05) is 13.8 Å². The Balaban J connectivity index is 2.18. The van der Waals surface area contributed by atoms with Gasteiger partial charge in [0.25, 0.3) is 5.91 Å². The van der Waals surface area contributed by atoms with E-state index >= 15 is 0 Å². The number of hydrogen-bond donors (Lipinski definition) is 0. The lowest BCUT2D eigenvalue weighted by molar-refractivity contribution is -0.0389. The molecule has 2 rings (SSSR count). The average molecular weight is 255 g/mol. The van der Waals surface area contributed by atoms with Crippen LogP contribution in [0.1, 0.15) is 24.3 Å². The first kappa shape index (κ1) is 12.3. The monoisotopic (exact) mass is 254 g/mol. The Kier molecular flexibility index (Phi) is 3.64. The fourth-order valence-electron chi connectivity index (χ4n) is 1.86. The zero-order valence-corrected chi connectivity index (χ0v) is 10.6. The Labute approximate surface area is 106 Å². The lowest BCUT2D eigenvalue weighted by Crippen LogP contribution is -2.50. The molecule has 0 spiro atoms. The van der Waals surface area contributed by atoms with Gasteiger partial charge in [0.1, 0.15) is 5.69 Å². The average Bonchev–Trinajstić information content (AvgIpc) is 2.31. The predicted molar refractivity (Wildman–Crippen MR) is 65.2 cm³/mol. The first-order chi connectivity index (χ1) is 8.08.